The van der Waals surface area contributed by atoms with Crippen molar-refractivity contribution in [2.45, 2.75) is 51.2 Å². The monoisotopic (exact) mass is 198 g/mol. The maximum absolute atomic E-state index is 11.0. The second-order valence-corrected chi connectivity index (χ2v) is 4.57. The van der Waals surface area contributed by atoms with Gasteiger partial charge >= 0.3 is 5.97 Å². The summed E-state index contributed by atoms with van der Waals surface area (Å²) in [5, 5.41) is 2.45. The first kappa shape index (κ1) is 9.97. The van der Waals surface area contributed by atoms with Crippen molar-refractivity contribution in [3.8, 4) is 0 Å². The fourth-order valence-corrected chi connectivity index (χ4v) is 2.99. The van der Waals surface area contributed by atoms with Gasteiger partial charge in [0.2, 0.25) is 0 Å². The first-order valence-corrected chi connectivity index (χ1v) is 5.78. The second-order valence-electron chi connectivity index (χ2n) is 4.57. The molecule has 1 saturated heterocycles. The standard InChI is InChI=1S/C11H19NO2/c1-8(13)14-11-6-7-12-10-5-3-2-4-9(10)11/h9-12H,2-7H2,1H3/p+1/t9-,10-,11-/m1/s1. The molecule has 14 heavy (non-hydrogen) atoms. The molecule has 2 rings (SSSR count). The van der Waals surface area contributed by atoms with E-state index >= 15 is 0 Å². The number of hydrogen-bond donors (Lipinski definition) is 1. The summed E-state index contributed by atoms with van der Waals surface area (Å²) in [5.74, 6) is 0.516. The number of carbonyl (C=O) groups excluding carboxylic acids is 1. The maximum atomic E-state index is 11.0. The predicted molar refractivity (Wildman–Crippen MR) is 52.7 cm³/mol. The number of nitrogens with two attached hydrogens (primary N) is 1. The van der Waals surface area contributed by atoms with Gasteiger partial charge in [-0.15, -0.1) is 0 Å². The minimum atomic E-state index is -0.110. The van der Waals surface area contributed by atoms with Gasteiger partial charge in [0, 0.05) is 19.3 Å². The Morgan fingerprint density at radius 2 is 2.07 bits per heavy atom. The van der Waals surface area contributed by atoms with Crippen molar-refractivity contribution in [2.75, 3.05) is 6.54 Å². The topological polar surface area (TPSA) is 42.9 Å². The van der Waals surface area contributed by atoms with Gasteiger partial charge in [-0.3, -0.25) is 4.79 Å². The third-order valence-corrected chi connectivity index (χ3v) is 3.59. The summed E-state index contributed by atoms with van der Waals surface area (Å²) in [5.41, 5.74) is 0. The molecule has 3 nitrogen and oxygen atoms in total. The van der Waals surface area contributed by atoms with Crippen molar-refractivity contribution in [3.05, 3.63) is 0 Å². The highest BCUT2D eigenvalue weighted by Gasteiger charge is 2.39. The van der Waals surface area contributed by atoms with Crippen molar-refractivity contribution < 1.29 is 14.8 Å². The molecule has 0 aromatic carbocycles. The molecule has 1 aliphatic heterocycles. The van der Waals surface area contributed by atoms with E-state index < -0.39 is 0 Å². The van der Waals surface area contributed by atoms with E-state index in [9.17, 15) is 4.79 Å². The zero-order valence-corrected chi connectivity index (χ0v) is 8.87. The van der Waals surface area contributed by atoms with Crippen LogP contribution in [0.4, 0.5) is 0 Å². The SMILES string of the molecule is CC(=O)O[C@@H]1CC[NH2+][C@@H]2CCCC[C@H]21. The molecule has 2 aliphatic rings. The Morgan fingerprint density at radius 1 is 1.29 bits per heavy atom. The molecule has 0 amide bonds. The summed E-state index contributed by atoms with van der Waals surface area (Å²) in [7, 11) is 0. The van der Waals surface area contributed by atoms with E-state index in [0.717, 1.165) is 19.0 Å². The molecule has 1 heterocycles. The van der Waals surface area contributed by atoms with Crippen LogP contribution in [0.25, 0.3) is 0 Å². The van der Waals surface area contributed by atoms with Gasteiger partial charge < -0.3 is 10.1 Å². The van der Waals surface area contributed by atoms with Crippen molar-refractivity contribution in [2.24, 2.45) is 5.92 Å². The molecule has 0 radical (unpaired) electrons. The summed E-state index contributed by atoms with van der Waals surface area (Å²) < 4.78 is 5.40. The van der Waals surface area contributed by atoms with E-state index in [2.05, 4.69) is 5.32 Å². The van der Waals surface area contributed by atoms with E-state index in [1.54, 1.807) is 0 Å². The molecule has 80 valence electrons. The van der Waals surface area contributed by atoms with Crippen LogP contribution < -0.4 is 5.32 Å². The van der Waals surface area contributed by atoms with Crippen LogP contribution in [0.1, 0.15) is 39.0 Å². The van der Waals surface area contributed by atoms with Crippen LogP contribution in [0.2, 0.25) is 0 Å². The van der Waals surface area contributed by atoms with Gasteiger partial charge in [-0.2, -0.15) is 0 Å². The molecule has 0 aromatic heterocycles. The van der Waals surface area contributed by atoms with Gasteiger partial charge in [0.1, 0.15) is 6.10 Å². The van der Waals surface area contributed by atoms with Crippen LogP contribution in [-0.2, 0) is 9.53 Å². The Kier molecular flexibility index (Phi) is 3.06. The molecule has 3 heteroatoms. The Morgan fingerprint density at radius 3 is 2.86 bits per heavy atom. The Hall–Kier alpha value is -0.570. The molecular formula is C11H20NO2+. The highest BCUT2D eigenvalue weighted by molar-refractivity contribution is 5.66. The lowest BCUT2D eigenvalue weighted by atomic mass is 9.78. The number of quaternary nitrogens is 1. The minimum Gasteiger partial charge on any atom is -0.462 e. The summed E-state index contributed by atoms with van der Waals surface area (Å²) in [6, 6.07) is 0.724. The number of esters is 1. The average molecular weight is 198 g/mol. The van der Waals surface area contributed by atoms with Crippen molar-refractivity contribution in [3.63, 3.8) is 0 Å². The maximum Gasteiger partial charge on any atom is 0.302 e. The lowest BCUT2D eigenvalue weighted by Crippen LogP contribution is -2.94. The zero-order valence-electron chi connectivity index (χ0n) is 8.87. The van der Waals surface area contributed by atoms with Crippen LogP contribution in [0, 0.1) is 5.92 Å². The second kappa shape index (κ2) is 4.30. The number of ether oxygens (including phenoxy) is 1. The largest absolute Gasteiger partial charge is 0.462 e. The van der Waals surface area contributed by atoms with Gasteiger partial charge in [0.05, 0.1) is 12.6 Å². The third-order valence-electron chi connectivity index (χ3n) is 3.59. The highest BCUT2D eigenvalue weighted by atomic mass is 16.5. The van der Waals surface area contributed by atoms with Gasteiger partial charge in [-0.05, 0) is 19.3 Å². The van der Waals surface area contributed by atoms with Crippen LogP contribution >= 0.6 is 0 Å². The smallest absolute Gasteiger partial charge is 0.302 e. The fourth-order valence-electron chi connectivity index (χ4n) is 2.99. The van der Waals surface area contributed by atoms with Crippen LogP contribution in [0.3, 0.4) is 0 Å². The van der Waals surface area contributed by atoms with Crippen molar-refractivity contribution >= 4 is 5.97 Å². The molecule has 0 aromatic rings. The summed E-state index contributed by atoms with van der Waals surface area (Å²) in [6.45, 7) is 2.65. The molecular weight excluding hydrogens is 178 g/mol. The quantitative estimate of drug-likeness (QED) is 0.621. The molecule has 1 aliphatic carbocycles. The van der Waals surface area contributed by atoms with E-state index in [1.807, 2.05) is 0 Å². The number of fused-ring (bicyclic) bond motifs is 1. The molecule has 1 saturated carbocycles. The fraction of sp³-hybridized carbons (Fsp3) is 0.909. The lowest BCUT2D eigenvalue weighted by Gasteiger charge is -2.38. The van der Waals surface area contributed by atoms with Gasteiger partial charge in [0.25, 0.3) is 0 Å². The van der Waals surface area contributed by atoms with E-state index in [-0.39, 0.29) is 12.1 Å². The van der Waals surface area contributed by atoms with E-state index in [1.165, 1.54) is 32.6 Å². The summed E-state index contributed by atoms with van der Waals surface area (Å²) >= 11 is 0. The van der Waals surface area contributed by atoms with Crippen molar-refractivity contribution in [1.29, 1.82) is 0 Å². The van der Waals surface area contributed by atoms with Crippen LogP contribution in [0.15, 0.2) is 0 Å². The highest BCUT2D eigenvalue weighted by Crippen LogP contribution is 2.29. The number of carbonyl (C=O) groups is 1. The predicted octanol–water partition coefficient (Wildman–Crippen LogP) is 0.444. The molecule has 0 bridgehead atoms. The van der Waals surface area contributed by atoms with Crippen molar-refractivity contribution in [1.82, 2.24) is 0 Å². The Labute approximate surface area is 85.2 Å². The lowest BCUT2D eigenvalue weighted by molar-refractivity contribution is -0.710. The first-order valence-electron chi connectivity index (χ1n) is 5.78. The molecule has 2 fully saturated rings. The summed E-state index contributed by atoms with van der Waals surface area (Å²) in [4.78, 5) is 11.0. The van der Waals surface area contributed by atoms with Gasteiger partial charge in [0.15, 0.2) is 0 Å². The number of hydrogen-bond acceptors (Lipinski definition) is 2. The first-order chi connectivity index (χ1) is 6.77. The van der Waals surface area contributed by atoms with Crippen LogP contribution in [-0.4, -0.2) is 24.7 Å². The molecule has 2 N–H and O–H groups in total. The van der Waals surface area contributed by atoms with E-state index in [0.29, 0.717) is 5.92 Å². The Balaban J connectivity index is 1.97. The normalized spacial score (nSPS) is 37.4. The van der Waals surface area contributed by atoms with Gasteiger partial charge in [-0.1, -0.05) is 6.42 Å². The third kappa shape index (κ3) is 2.08. The average Bonchev–Trinajstić information content (AvgIpc) is 2.18. The minimum absolute atomic E-state index is 0.110. The zero-order chi connectivity index (χ0) is 9.97. The van der Waals surface area contributed by atoms with Crippen LogP contribution in [0.5, 0.6) is 0 Å². The number of rotatable bonds is 1. The molecule has 0 unspecified atom stereocenters. The summed E-state index contributed by atoms with van der Waals surface area (Å²) in [6.07, 6.45) is 6.47. The number of piperidine rings is 1. The molecule has 0 spiro atoms. The van der Waals surface area contributed by atoms with Gasteiger partial charge in [-0.25, -0.2) is 0 Å². The molecule has 3 atom stereocenters. The Bertz CT molecular complexity index is 215. The van der Waals surface area contributed by atoms with E-state index in [4.69, 9.17) is 4.74 Å².